The molecular weight excluding hydrogens is 388 g/mol. The number of rotatable bonds is 11. The van der Waals surface area contributed by atoms with Crippen molar-refractivity contribution >= 4 is 23.8 Å². The van der Waals surface area contributed by atoms with Crippen LogP contribution in [0.5, 0.6) is 0 Å². The third-order valence-corrected chi connectivity index (χ3v) is 5.62. The molecule has 0 bridgehead atoms. The number of ether oxygens (including phenoxy) is 2. The molecule has 8 heteroatoms. The third-order valence-electron chi connectivity index (χ3n) is 5.62. The Balaban J connectivity index is 1.72. The minimum Gasteiger partial charge on any atom is -0.464 e. The first-order valence-electron chi connectivity index (χ1n) is 11.4. The normalized spacial score (nSPS) is 21.0. The van der Waals surface area contributed by atoms with Gasteiger partial charge in [0.2, 0.25) is 11.8 Å². The zero-order valence-electron chi connectivity index (χ0n) is 18.4. The molecule has 170 valence electrons. The molecular formula is C22H36N2O6. The Bertz CT molecular complexity index is 556. The van der Waals surface area contributed by atoms with Gasteiger partial charge in [-0.25, -0.2) is 9.59 Å². The van der Waals surface area contributed by atoms with Crippen LogP contribution in [0.2, 0.25) is 0 Å². The molecule has 0 aliphatic carbocycles. The zero-order chi connectivity index (χ0) is 21.9. The number of amides is 2. The first-order valence-corrected chi connectivity index (χ1v) is 11.4. The van der Waals surface area contributed by atoms with Crippen LogP contribution in [-0.2, 0) is 28.7 Å². The number of nitrogens with zero attached hydrogens (tertiary/aromatic N) is 2. The topological polar surface area (TPSA) is 93.2 Å². The van der Waals surface area contributed by atoms with Crippen molar-refractivity contribution in [2.75, 3.05) is 26.3 Å². The second kappa shape index (κ2) is 12.5. The van der Waals surface area contributed by atoms with Crippen molar-refractivity contribution in [1.29, 1.82) is 0 Å². The predicted molar refractivity (Wildman–Crippen MR) is 110 cm³/mol. The van der Waals surface area contributed by atoms with Gasteiger partial charge in [0.15, 0.2) is 0 Å². The van der Waals surface area contributed by atoms with Crippen molar-refractivity contribution in [2.24, 2.45) is 0 Å². The fraction of sp³-hybridized carbons (Fsp3) is 0.818. The molecule has 2 amide bonds. The molecule has 2 rings (SSSR count). The predicted octanol–water partition coefficient (Wildman–Crippen LogP) is 2.44. The van der Waals surface area contributed by atoms with Crippen molar-refractivity contribution in [3.8, 4) is 0 Å². The van der Waals surface area contributed by atoms with Crippen molar-refractivity contribution in [2.45, 2.75) is 90.1 Å². The molecule has 2 aliphatic rings. The van der Waals surface area contributed by atoms with E-state index in [9.17, 15) is 19.2 Å². The molecule has 0 spiro atoms. The highest BCUT2D eigenvalue weighted by Crippen LogP contribution is 2.22. The quantitative estimate of drug-likeness (QED) is 0.374. The molecule has 0 aromatic carbocycles. The SMILES string of the molecule is CCCOC(=O)C1CCCN1C(=O)CCCCC(=O)N1CCC[C@@H]1C(=O)OCCC. The van der Waals surface area contributed by atoms with Gasteiger partial charge in [0.25, 0.3) is 0 Å². The lowest BCUT2D eigenvalue weighted by Gasteiger charge is -2.24. The van der Waals surface area contributed by atoms with E-state index < -0.39 is 12.1 Å². The molecule has 0 aromatic heterocycles. The van der Waals surface area contributed by atoms with Crippen LogP contribution in [0, 0.1) is 0 Å². The average molecular weight is 425 g/mol. The molecule has 2 heterocycles. The number of unbranched alkanes of at least 4 members (excludes halogenated alkanes) is 1. The number of hydrogen-bond acceptors (Lipinski definition) is 6. The molecule has 2 saturated heterocycles. The monoisotopic (exact) mass is 424 g/mol. The molecule has 2 aliphatic heterocycles. The lowest BCUT2D eigenvalue weighted by Crippen LogP contribution is -2.41. The van der Waals surface area contributed by atoms with Crippen LogP contribution < -0.4 is 0 Å². The van der Waals surface area contributed by atoms with Crippen molar-refractivity contribution in [1.82, 2.24) is 9.80 Å². The molecule has 30 heavy (non-hydrogen) atoms. The van der Waals surface area contributed by atoms with E-state index in [1.807, 2.05) is 13.8 Å². The maximum Gasteiger partial charge on any atom is 0.328 e. The third kappa shape index (κ3) is 6.71. The number of hydrogen-bond donors (Lipinski definition) is 0. The fourth-order valence-electron chi connectivity index (χ4n) is 4.06. The average Bonchev–Trinajstić information content (AvgIpc) is 3.42. The van der Waals surface area contributed by atoms with Crippen LogP contribution >= 0.6 is 0 Å². The number of esters is 2. The fourth-order valence-corrected chi connectivity index (χ4v) is 4.06. The highest BCUT2D eigenvalue weighted by Gasteiger charge is 2.36. The van der Waals surface area contributed by atoms with Gasteiger partial charge in [-0.05, 0) is 51.4 Å². The lowest BCUT2D eigenvalue weighted by molar-refractivity contribution is -0.153. The number of carbonyl (C=O) groups excluding carboxylic acids is 4. The summed E-state index contributed by atoms with van der Waals surface area (Å²) in [6, 6.07) is -0.935. The largest absolute Gasteiger partial charge is 0.464 e. The van der Waals surface area contributed by atoms with Gasteiger partial charge >= 0.3 is 11.9 Å². The maximum atomic E-state index is 12.5. The van der Waals surface area contributed by atoms with E-state index in [1.54, 1.807) is 9.80 Å². The minimum absolute atomic E-state index is 0.0550. The molecule has 0 saturated carbocycles. The standard InChI is InChI=1S/C22H36N2O6/c1-3-15-29-21(27)17-9-7-13-23(17)19(25)11-5-6-12-20(26)24-14-8-10-18(24)22(28)30-16-4-2/h17-18H,3-16H2,1-2H3/t17-,18?/m1/s1. The van der Waals surface area contributed by atoms with Gasteiger partial charge in [0.05, 0.1) is 13.2 Å². The summed E-state index contributed by atoms with van der Waals surface area (Å²) in [5.41, 5.74) is 0. The van der Waals surface area contributed by atoms with E-state index in [2.05, 4.69) is 0 Å². The van der Waals surface area contributed by atoms with Crippen LogP contribution in [0.1, 0.15) is 78.1 Å². The van der Waals surface area contributed by atoms with E-state index in [4.69, 9.17) is 9.47 Å². The van der Waals surface area contributed by atoms with Gasteiger partial charge in [-0.2, -0.15) is 0 Å². The van der Waals surface area contributed by atoms with Gasteiger partial charge in [0, 0.05) is 25.9 Å². The Morgan fingerprint density at radius 1 is 0.733 bits per heavy atom. The Labute approximate surface area is 179 Å². The molecule has 1 unspecified atom stereocenters. The Morgan fingerprint density at radius 3 is 1.50 bits per heavy atom. The van der Waals surface area contributed by atoms with Crippen LogP contribution in [0.15, 0.2) is 0 Å². The second-order valence-corrected chi connectivity index (χ2v) is 8.03. The molecule has 8 nitrogen and oxygen atoms in total. The summed E-state index contributed by atoms with van der Waals surface area (Å²) >= 11 is 0. The highest BCUT2D eigenvalue weighted by molar-refractivity contribution is 5.86. The van der Waals surface area contributed by atoms with Crippen LogP contribution in [-0.4, -0.2) is 71.9 Å². The van der Waals surface area contributed by atoms with Crippen molar-refractivity contribution in [3.05, 3.63) is 0 Å². The first-order chi connectivity index (χ1) is 14.5. The van der Waals surface area contributed by atoms with E-state index in [-0.39, 0.29) is 23.8 Å². The van der Waals surface area contributed by atoms with Gasteiger partial charge in [-0.15, -0.1) is 0 Å². The summed E-state index contributed by atoms with van der Waals surface area (Å²) in [6.45, 7) is 5.79. The van der Waals surface area contributed by atoms with Crippen LogP contribution in [0.25, 0.3) is 0 Å². The molecule has 0 N–H and O–H groups in total. The van der Waals surface area contributed by atoms with Crippen LogP contribution in [0.4, 0.5) is 0 Å². The first kappa shape index (κ1) is 24.2. The summed E-state index contributed by atoms with van der Waals surface area (Å²) in [4.78, 5) is 52.6. The Hall–Kier alpha value is -2.12. The van der Waals surface area contributed by atoms with Gasteiger partial charge in [0.1, 0.15) is 12.1 Å². The highest BCUT2D eigenvalue weighted by atomic mass is 16.5. The zero-order valence-corrected chi connectivity index (χ0v) is 18.4. The number of carbonyl (C=O) groups is 4. The van der Waals surface area contributed by atoms with Gasteiger partial charge < -0.3 is 19.3 Å². The van der Waals surface area contributed by atoms with Crippen molar-refractivity contribution < 1.29 is 28.7 Å². The van der Waals surface area contributed by atoms with Crippen LogP contribution in [0.3, 0.4) is 0 Å². The van der Waals surface area contributed by atoms with Gasteiger partial charge in [-0.1, -0.05) is 13.8 Å². The summed E-state index contributed by atoms with van der Waals surface area (Å²) in [7, 11) is 0. The van der Waals surface area contributed by atoms with E-state index >= 15 is 0 Å². The second-order valence-electron chi connectivity index (χ2n) is 8.03. The van der Waals surface area contributed by atoms with E-state index in [0.717, 1.165) is 25.7 Å². The van der Waals surface area contributed by atoms with Crippen molar-refractivity contribution in [3.63, 3.8) is 0 Å². The summed E-state index contributed by atoms with van der Waals surface area (Å²) in [5, 5.41) is 0. The Morgan fingerprint density at radius 2 is 1.13 bits per heavy atom. The summed E-state index contributed by atoms with van der Waals surface area (Å²) < 4.78 is 10.4. The van der Waals surface area contributed by atoms with E-state index in [0.29, 0.717) is 64.8 Å². The molecule has 2 atom stereocenters. The molecule has 2 fully saturated rings. The minimum atomic E-state index is -0.467. The van der Waals surface area contributed by atoms with Gasteiger partial charge in [-0.3, -0.25) is 9.59 Å². The maximum absolute atomic E-state index is 12.5. The number of likely N-dealkylation sites (tertiary alicyclic amines) is 2. The molecule has 0 radical (unpaired) electrons. The Kier molecular flexibility index (Phi) is 10.1. The summed E-state index contributed by atoms with van der Waals surface area (Å²) in [6.07, 6.45) is 6.21. The smallest absolute Gasteiger partial charge is 0.328 e. The van der Waals surface area contributed by atoms with E-state index in [1.165, 1.54) is 0 Å². The summed E-state index contributed by atoms with van der Waals surface area (Å²) in [5.74, 6) is -0.734. The lowest BCUT2D eigenvalue weighted by atomic mass is 10.1. The molecule has 0 aromatic rings.